The second kappa shape index (κ2) is 10.9. The van der Waals surface area contributed by atoms with Gasteiger partial charge in [-0.1, -0.05) is 39.4 Å². The maximum atomic E-state index is 13.7. The molecule has 3 aromatic rings. The van der Waals surface area contributed by atoms with Gasteiger partial charge in [-0.2, -0.15) is 0 Å². The summed E-state index contributed by atoms with van der Waals surface area (Å²) in [5, 5.41) is 10.5. The molecule has 2 aromatic carbocycles. The van der Waals surface area contributed by atoms with E-state index in [4.69, 9.17) is 9.47 Å². The summed E-state index contributed by atoms with van der Waals surface area (Å²) in [7, 11) is 0. The Kier molecular flexibility index (Phi) is 8.06. The fourth-order valence-corrected chi connectivity index (χ4v) is 6.53. The van der Waals surface area contributed by atoms with Crippen LogP contribution in [0.25, 0.3) is 6.08 Å². The molecule has 0 radical (unpaired) electrons. The van der Waals surface area contributed by atoms with E-state index in [0.717, 1.165) is 10.0 Å². The van der Waals surface area contributed by atoms with E-state index < -0.39 is 12.0 Å². The van der Waals surface area contributed by atoms with E-state index in [0.29, 0.717) is 35.5 Å². The SMILES string of the molecule is CCOC(=O)C1=C(C)N=c2s/c(=C\c3cc(Br)cc(I)c3O)c(=O)n2[C@@H]1c1ccc(OC(C)C)cc1. The predicted octanol–water partition coefficient (Wildman–Crippen LogP) is 4.66. The molecule has 10 heteroatoms. The van der Waals surface area contributed by atoms with Crippen LogP contribution in [0.1, 0.15) is 44.9 Å². The van der Waals surface area contributed by atoms with Crippen LogP contribution in [0.4, 0.5) is 0 Å². The summed E-state index contributed by atoms with van der Waals surface area (Å²) < 4.78 is 14.5. The van der Waals surface area contributed by atoms with Crippen molar-refractivity contribution in [1.82, 2.24) is 4.57 Å². The zero-order valence-electron chi connectivity index (χ0n) is 20.0. The zero-order valence-corrected chi connectivity index (χ0v) is 24.6. The first-order chi connectivity index (χ1) is 17.1. The van der Waals surface area contributed by atoms with Gasteiger partial charge in [-0.25, -0.2) is 9.79 Å². The molecule has 36 heavy (non-hydrogen) atoms. The zero-order chi connectivity index (χ0) is 26.1. The molecule has 1 N–H and O–H groups in total. The number of carbonyl (C=O) groups is 1. The predicted molar refractivity (Wildman–Crippen MR) is 151 cm³/mol. The minimum atomic E-state index is -0.716. The Morgan fingerprint density at radius 2 is 2.00 bits per heavy atom. The third-order valence-electron chi connectivity index (χ3n) is 5.43. The molecule has 1 aromatic heterocycles. The molecule has 1 atom stereocenters. The van der Waals surface area contributed by atoms with E-state index in [1.54, 1.807) is 32.1 Å². The van der Waals surface area contributed by atoms with Crippen LogP contribution < -0.4 is 19.6 Å². The van der Waals surface area contributed by atoms with Crippen molar-refractivity contribution in [3.8, 4) is 11.5 Å². The summed E-state index contributed by atoms with van der Waals surface area (Å²) in [6.07, 6.45) is 1.66. The standard InChI is InChI=1S/C26H24BrIN2O5S/c1-5-34-25(33)21-14(4)29-26-30(22(21)15-6-8-18(9-7-15)35-13(2)3)24(32)20(36-26)11-16-10-17(27)12-19(28)23(16)31/h6-13,22,31H,5H2,1-4H3/b20-11-/t22-/m1/s1. The normalized spacial score (nSPS) is 15.6. The molecule has 0 spiro atoms. The molecule has 0 saturated carbocycles. The molecule has 188 valence electrons. The van der Waals surface area contributed by atoms with Gasteiger partial charge in [0.2, 0.25) is 0 Å². The van der Waals surface area contributed by atoms with Gasteiger partial charge in [0.25, 0.3) is 5.56 Å². The minimum absolute atomic E-state index is 0.0169. The number of hydrogen-bond acceptors (Lipinski definition) is 7. The third kappa shape index (κ3) is 5.30. The first-order valence-corrected chi connectivity index (χ1v) is 13.9. The van der Waals surface area contributed by atoms with Gasteiger partial charge in [0.05, 0.1) is 38.1 Å². The molecule has 7 nitrogen and oxygen atoms in total. The van der Waals surface area contributed by atoms with Crippen LogP contribution in [0.2, 0.25) is 0 Å². The van der Waals surface area contributed by atoms with Gasteiger partial charge in [-0.3, -0.25) is 9.36 Å². The van der Waals surface area contributed by atoms with Gasteiger partial charge >= 0.3 is 5.97 Å². The molecule has 2 heterocycles. The number of hydrogen-bond donors (Lipinski definition) is 1. The van der Waals surface area contributed by atoms with Crippen LogP contribution >= 0.6 is 49.9 Å². The number of halogens is 2. The summed E-state index contributed by atoms with van der Waals surface area (Å²) in [4.78, 5) is 31.8. The fraction of sp³-hybridized carbons (Fsp3) is 0.269. The number of ether oxygens (including phenoxy) is 2. The highest BCUT2D eigenvalue weighted by molar-refractivity contribution is 14.1. The Bertz CT molecular complexity index is 1540. The molecular formula is C26H24BrIN2O5S. The summed E-state index contributed by atoms with van der Waals surface area (Å²) in [5.74, 6) is 0.268. The van der Waals surface area contributed by atoms with Crippen LogP contribution in [-0.4, -0.2) is 28.4 Å². The smallest absolute Gasteiger partial charge is 0.338 e. The van der Waals surface area contributed by atoms with Gasteiger partial charge in [0.15, 0.2) is 4.80 Å². The summed E-state index contributed by atoms with van der Waals surface area (Å²) in [6.45, 7) is 7.58. The number of allylic oxidation sites excluding steroid dienone is 1. The molecule has 0 bridgehead atoms. The van der Waals surface area contributed by atoms with Crippen LogP contribution in [0, 0.1) is 3.57 Å². The van der Waals surface area contributed by atoms with Crippen LogP contribution in [0.15, 0.2) is 61.9 Å². The highest BCUT2D eigenvalue weighted by Crippen LogP contribution is 2.32. The van der Waals surface area contributed by atoms with E-state index in [2.05, 4.69) is 20.9 Å². The number of carbonyl (C=O) groups excluding carboxylic acids is 1. The molecular weight excluding hydrogens is 659 g/mol. The lowest BCUT2D eigenvalue weighted by Gasteiger charge is -2.25. The highest BCUT2D eigenvalue weighted by atomic mass is 127. The summed E-state index contributed by atoms with van der Waals surface area (Å²) in [5.41, 5.74) is 1.74. The Balaban J connectivity index is 1.93. The molecule has 4 rings (SSSR count). The molecule has 0 amide bonds. The van der Waals surface area contributed by atoms with Crippen molar-refractivity contribution in [3.63, 3.8) is 0 Å². The second-order valence-corrected chi connectivity index (χ2v) is 11.5. The first-order valence-electron chi connectivity index (χ1n) is 11.2. The number of aromatic hydroxyl groups is 1. The monoisotopic (exact) mass is 682 g/mol. The number of rotatable bonds is 6. The number of fused-ring (bicyclic) bond motifs is 1. The van der Waals surface area contributed by atoms with Crippen LogP contribution in [0.5, 0.6) is 11.5 Å². The van der Waals surface area contributed by atoms with E-state index in [-0.39, 0.29) is 24.0 Å². The average molecular weight is 683 g/mol. The lowest BCUT2D eigenvalue weighted by atomic mass is 9.96. The van der Waals surface area contributed by atoms with Crippen molar-refractivity contribution in [2.24, 2.45) is 4.99 Å². The number of thiazole rings is 1. The number of phenols is 1. The molecule has 0 unspecified atom stereocenters. The lowest BCUT2D eigenvalue weighted by Crippen LogP contribution is -2.39. The second-order valence-electron chi connectivity index (χ2n) is 8.36. The molecule has 1 aliphatic rings. The Morgan fingerprint density at radius 1 is 1.31 bits per heavy atom. The maximum absolute atomic E-state index is 13.7. The topological polar surface area (TPSA) is 90.1 Å². The Hall–Kier alpha value is -2.44. The molecule has 0 fully saturated rings. The van der Waals surface area contributed by atoms with E-state index >= 15 is 0 Å². The molecule has 1 aliphatic heterocycles. The van der Waals surface area contributed by atoms with Crippen molar-refractivity contribution in [2.75, 3.05) is 6.61 Å². The maximum Gasteiger partial charge on any atom is 0.338 e. The van der Waals surface area contributed by atoms with Gasteiger partial charge in [0, 0.05) is 10.0 Å². The van der Waals surface area contributed by atoms with E-state index in [9.17, 15) is 14.7 Å². The number of nitrogens with zero attached hydrogens (tertiary/aromatic N) is 2. The van der Waals surface area contributed by atoms with Gasteiger partial charge in [0.1, 0.15) is 11.5 Å². The summed E-state index contributed by atoms with van der Waals surface area (Å²) >= 11 is 6.68. The van der Waals surface area contributed by atoms with Crippen molar-refractivity contribution < 1.29 is 19.4 Å². The highest BCUT2D eigenvalue weighted by Gasteiger charge is 2.33. The van der Waals surface area contributed by atoms with Crippen LogP contribution in [-0.2, 0) is 9.53 Å². The molecule has 0 aliphatic carbocycles. The average Bonchev–Trinajstić information content (AvgIpc) is 3.11. The fourth-order valence-electron chi connectivity index (χ4n) is 3.94. The van der Waals surface area contributed by atoms with Gasteiger partial charge < -0.3 is 14.6 Å². The number of esters is 1. The lowest BCUT2D eigenvalue weighted by molar-refractivity contribution is -0.139. The van der Waals surface area contributed by atoms with Crippen LogP contribution in [0.3, 0.4) is 0 Å². The quantitative estimate of drug-likeness (QED) is 0.302. The molecule has 0 saturated heterocycles. The number of phenolic OH excluding ortho intramolecular Hbond substituents is 1. The van der Waals surface area contributed by atoms with Crippen molar-refractivity contribution in [3.05, 3.63) is 86.5 Å². The van der Waals surface area contributed by atoms with Crippen molar-refractivity contribution in [2.45, 2.75) is 39.8 Å². The van der Waals surface area contributed by atoms with E-state index in [1.165, 1.54) is 15.9 Å². The van der Waals surface area contributed by atoms with Gasteiger partial charge in [-0.15, -0.1) is 0 Å². The Morgan fingerprint density at radius 3 is 2.64 bits per heavy atom. The summed E-state index contributed by atoms with van der Waals surface area (Å²) in [6, 6.07) is 10.2. The number of benzene rings is 2. The van der Waals surface area contributed by atoms with Crippen molar-refractivity contribution in [1.29, 1.82) is 0 Å². The first kappa shape index (κ1) is 26.6. The van der Waals surface area contributed by atoms with Gasteiger partial charge in [-0.05, 0) is 86.2 Å². The van der Waals surface area contributed by atoms with E-state index in [1.807, 2.05) is 60.7 Å². The van der Waals surface area contributed by atoms with Crippen molar-refractivity contribution >= 4 is 61.9 Å². The number of aromatic nitrogens is 1. The minimum Gasteiger partial charge on any atom is -0.506 e. The largest absolute Gasteiger partial charge is 0.506 e. The Labute approximate surface area is 234 Å². The third-order valence-corrected chi connectivity index (χ3v) is 7.69.